The summed E-state index contributed by atoms with van der Waals surface area (Å²) in [6, 6.07) is 14.4. The van der Waals surface area contributed by atoms with E-state index in [2.05, 4.69) is 22.8 Å². The number of fused-ring (bicyclic) bond motifs is 3. The first-order chi connectivity index (χ1) is 15.5. The lowest BCUT2D eigenvalue weighted by atomic mass is 9.98. The maximum absolute atomic E-state index is 12.4. The fourth-order valence-electron chi connectivity index (χ4n) is 4.26. The smallest absolute Gasteiger partial charge is 0.407 e. The molecule has 3 atom stereocenters. The highest BCUT2D eigenvalue weighted by atomic mass is 16.5. The number of carbonyl (C=O) groups is 3. The van der Waals surface area contributed by atoms with E-state index in [0.29, 0.717) is 0 Å². The number of hydrogen-bond donors (Lipinski definition) is 4. The van der Waals surface area contributed by atoms with Gasteiger partial charge in [-0.15, -0.1) is 0 Å². The van der Waals surface area contributed by atoms with Crippen molar-refractivity contribution in [1.82, 2.24) is 10.6 Å². The SMILES string of the molecule is O=C(NC1C=CC(C(=O)NC(CO)C(=O)O)C1)OCC1c2ccccc2-c2ccccc21. The predicted molar refractivity (Wildman–Crippen MR) is 116 cm³/mol. The highest BCUT2D eigenvalue weighted by Crippen LogP contribution is 2.44. The quantitative estimate of drug-likeness (QED) is 0.492. The molecule has 0 radical (unpaired) electrons. The van der Waals surface area contributed by atoms with Gasteiger partial charge in [0.2, 0.25) is 5.91 Å². The molecule has 0 aromatic heterocycles. The highest BCUT2D eigenvalue weighted by molar-refractivity contribution is 5.86. The highest BCUT2D eigenvalue weighted by Gasteiger charge is 2.31. The van der Waals surface area contributed by atoms with Crippen LogP contribution in [0.2, 0.25) is 0 Å². The van der Waals surface area contributed by atoms with Gasteiger partial charge in [0.1, 0.15) is 12.6 Å². The van der Waals surface area contributed by atoms with Crippen molar-refractivity contribution in [2.75, 3.05) is 13.2 Å². The molecule has 0 aliphatic heterocycles. The second-order valence-electron chi connectivity index (χ2n) is 7.89. The molecule has 4 N–H and O–H groups in total. The van der Waals surface area contributed by atoms with E-state index >= 15 is 0 Å². The molecule has 2 amide bonds. The van der Waals surface area contributed by atoms with E-state index in [9.17, 15) is 14.4 Å². The fourth-order valence-corrected chi connectivity index (χ4v) is 4.26. The molecule has 2 aromatic rings. The minimum Gasteiger partial charge on any atom is -0.480 e. The van der Waals surface area contributed by atoms with Crippen LogP contribution in [0.5, 0.6) is 0 Å². The van der Waals surface area contributed by atoms with Crippen molar-refractivity contribution in [3.63, 3.8) is 0 Å². The van der Waals surface area contributed by atoms with Crippen molar-refractivity contribution >= 4 is 18.0 Å². The van der Waals surface area contributed by atoms with Gasteiger partial charge in [-0.25, -0.2) is 9.59 Å². The van der Waals surface area contributed by atoms with Crippen molar-refractivity contribution in [2.45, 2.75) is 24.4 Å². The van der Waals surface area contributed by atoms with Crippen LogP contribution >= 0.6 is 0 Å². The number of nitrogens with one attached hydrogen (secondary N) is 2. The molecule has 2 aliphatic rings. The maximum atomic E-state index is 12.4. The Bertz CT molecular complexity index is 1020. The molecule has 166 valence electrons. The molecule has 0 fully saturated rings. The maximum Gasteiger partial charge on any atom is 0.407 e. The van der Waals surface area contributed by atoms with E-state index in [-0.39, 0.29) is 18.9 Å². The number of aliphatic hydroxyl groups is 1. The van der Waals surface area contributed by atoms with Crippen molar-refractivity contribution in [1.29, 1.82) is 0 Å². The predicted octanol–water partition coefficient (Wildman–Crippen LogP) is 2.03. The molecule has 0 heterocycles. The Labute approximate surface area is 184 Å². The van der Waals surface area contributed by atoms with Crippen LogP contribution in [0.15, 0.2) is 60.7 Å². The Morgan fingerprint density at radius 2 is 1.62 bits per heavy atom. The van der Waals surface area contributed by atoms with Crippen LogP contribution in [0.3, 0.4) is 0 Å². The number of amides is 2. The summed E-state index contributed by atoms with van der Waals surface area (Å²) in [6.45, 7) is -0.504. The van der Waals surface area contributed by atoms with Gasteiger partial charge in [-0.3, -0.25) is 4.79 Å². The topological polar surface area (TPSA) is 125 Å². The average molecular weight is 436 g/mol. The van der Waals surface area contributed by atoms with Gasteiger partial charge in [0.15, 0.2) is 0 Å². The lowest BCUT2D eigenvalue weighted by molar-refractivity contribution is -0.143. The normalized spacial score (nSPS) is 19.7. The summed E-state index contributed by atoms with van der Waals surface area (Å²) in [5, 5.41) is 23.0. The molecule has 4 rings (SSSR count). The molecule has 0 saturated carbocycles. The lowest BCUT2D eigenvalue weighted by Crippen LogP contribution is -2.45. The van der Waals surface area contributed by atoms with Gasteiger partial charge in [-0.05, 0) is 28.7 Å². The third-order valence-corrected chi connectivity index (χ3v) is 5.86. The first-order valence-electron chi connectivity index (χ1n) is 10.4. The third-order valence-electron chi connectivity index (χ3n) is 5.86. The number of aliphatic carboxylic acids is 1. The number of ether oxygens (including phenoxy) is 1. The van der Waals surface area contributed by atoms with Crippen LogP contribution in [-0.4, -0.2) is 53.5 Å². The molecule has 3 unspecified atom stereocenters. The van der Waals surface area contributed by atoms with Gasteiger partial charge >= 0.3 is 12.1 Å². The van der Waals surface area contributed by atoms with Crippen molar-refractivity contribution < 1.29 is 29.3 Å². The van der Waals surface area contributed by atoms with E-state index in [1.54, 1.807) is 12.2 Å². The summed E-state index contributed by atoms with van der Waals surface area (Å²) < 4.78 is 5.52. The van der Waals surface area contributed by atoms with Crippen LogP contribution in [0.25, 0.3) is 11.1 Å². The number of aliphatic hydroxyl groups excluding tert-OH is 1. The number of hydrogen-bond acceptors (Lipinski definition) is 5. The van der Waals surface area contributed by atoms with E-state index < -0.39 is 42.6 Å². The summed E-state index contributed by atoms with van der Waals surface area (Å²) in [4.78, 5) is 35.6. The molecule has 2 aromatic carbocycles. The van der Waals surface area contributed by atoms with Crippen LogP contribution in [0.4, 0.5) is 4.79 Å². The third kappa shape index (κ3) is 4.36. The van der Waals surface area contributed by atoms with Gasteiger partial charge in [0, 0.05) is 5.92 Å². The molecular weight excluding hydrogens is 412 g/mol. The van der Waals surface area contributed by atoms with Crippen molar-refractivity contribution in [3.8, 4) is 11.1 Å². The minimum atomic E-state index is -1.36. The molecule has 0 spiro atoms. The van der Waals surface area contributed by atoms with Crippen LogP contribution in [0.1, 0.15) is 23.5 Å². The lowest BCUT2D eigenvalue weighted by Gasteiger charge is -2.18. The average Bonchev–Trinajstić information content (AvgIpc) is 3.38. The second-order valence-corrected chi connectivity index (χ2v) is 7.89. The van der Waals surface area contributed by atoms with Crippen LogP contribution in [0, 0.1) is 5.92 Å². The summed E-state index contributed by atoms with van der Waals surface area (Å²) in [7, 11) is 0. The summed E-state index contributed by atoms with van der Waals surface area (Å²) >= 11 is 0. The monoisotopic (exact) mass is 436 g/mol. The van der Waals surface area contributed by atoms with Crippen molar-refractivity contribution in [2.24, 2.45) is 5.92 Å². The largest absolute Gasteiger partial charge is 0.480 e. The Morgan fingerprint density at radius 3 is 2.22 bits per heavy atom. The van der Waals surface area contributed by atoms with E-state index in [1.165, 1.54) is 0 Å². The Balaban J connectivity index is 1.31. The zero-order valence-electron chi connectivity index (χ0n) is 17.2. The summed E-state index contributed by atoms with van der Waals surface area (Å²) in [5.74, 6) is -2.46. The fraction of sp³-hybridized carbons (Fsp3) is 0.292. The van der Waals surface area contributed by atoms with Gasteiger partial charge < -0.3 is 25.6 Å². The second kappa shape index (κ2) is 9.23. The van der Waals surface area contributed by atoms with Gasteiger partial charge in [0.05, 0.1) is 18.6 Å². The van der Waals surface area contributed by atoms with E-state index in [0.717, 1.165) is 22.3 Å². The number of rotatable bonds is 7. The van der Waals surface area contributed by atoms with E-state index in [1.807, 2.05) is 36.4 Å². The zero-order valence-corrected chi connectivity index (χ0v) is 17.2. The standard InChI is InChI=1S/C24H24N2O6/c27-12-21(23(29)30)26-22(28)14-9-10-15(11-14)25-24(31)32-13-20-18-7-3-1-5-16(18)17-6-2-4-8-19(17)20/h1-10,14-15,20-21,27H,11-13H2,(H,25,31)(H,26,28)(H,29,30). The van der Waals surface area contributed by atoms with Crippen LogP contribution < -0.4 is 10.6 Å². The summed E-state index contributed by atoms with van der Waals surface area (Å²) in [5.41, 5.74) is 4.53. The van der Waals surface area contributed by atoms with E-state index in [4.69, 9.17) is 14.9 Å². The molecular formula is C24H24N2O6. The number of alkyl carbamates (subject to hydrolysis) is 1. The van der Waals surface area contributed by atoms with Gasteiger partial charge in [0.25, 0.3) is 0 Å². The number of carbonyl (C=O) groups excluding carboxylic acids is 2. The number of carboxylic acids is 1. The van der Waals surface area contributed by atoms with Crippen molar-refractivity contribution in [3.05, 3.63) is 71.8 Å². The Hall–Kier alpha value is -3.65. The Kier molecular flexibility index (Phi) is 6.23. The number of carboxylic acid groups (broad SMARTS) is 1. The summed E-state index contributed by atoms with van der Waals surface area (Å²) in [6.07, 6.45) is 3.00. The molecule has 2 aliphatic carbocycles. The first kappa shape index (κ1) is 21.6. The first-order valence-corrected chi connectivity index (χ1v) is 10.4. The Morgan fingerprint density at radius 1 is 1.00 bits per heavy atom. The molecule has 8 heteroatoms. The molecule has 0 bridgehead atoms. The molecule has 32 heavy (non-hydrogen) atoms. The number of benzene rings is 2. The minimum absolute atomic E-state index is 0.0442. The molecule has 8 nitrogen and oxygen atoms in total. The van der Waals surface area contributed by atoms with Gasteiger partial charge in [-0.1, -0.05) is 60.7 Å². The zero-order chi connectivity index (χ0) is 22.7. The van der Waals surface area contributed by atoms with Gasteiger partial charge in [-0.2, -0.15) is 0 Å². The molecule has 0 saturated heterocycles. The van der Waals surface area contributed by atoms with Crippen LogP contribution in [-0.2, 0) is 14.3 Å².